The van der Waals surface area contributed by atoms with E-state index in [0.717, 1.165) is 5.13 Å². The fraction of sp³-hybridized carbons (Fsp3) is 0.429. The third-order valence-electron chi connectivity index (χ3n) is 3.77. The summed E-state index contributed by atoms with van der Waals surface area (Å²) in [5, 5.41) is 1.33. The van der Waals surface area contributed by atoms with Gasteiger partial charge in [-0.1, -0.05) is 23.2 Å². The van der Waals surface area contributed by atoms with Crippen molar-refractivity contribution in [2.45, 2.75) is 11.5 Å². The Hall–Kier alpha value is -0.970. The highest BCUT2D eigenvalue weighted by Gasteiger charge is 2.30. The molecule has 0 atom stereocenters. The second-order valence-electron chi connectivity index (χ2n) is 5.39. The summed E-state index contributed by atoms with van der Waals surface area (Å²) in [6.45, 7) is 2.18. The van der Waals surface area contributed by atoms with Crippen LogP contribution in [0.3, 0.4) is 0 Å². The number of benzene rings is 1. The summed E-state index contributed by atoms with van der Waals surface area (Å²) in [6.07, 6.45) is 0. The fourth-order valence-electron chi connectivity index (χ4n) is 2.47. The molecule has 1 aliphatic rings. The van der Waals surface area contributed by atoms with Gasteiger partial charge in [-0.3, -0.25) is 0 Å². The van der Waals surface area contributed by atoms with Crippen molar-refractivity contribution in [2.75, 3.05) is 38.2 Å². The highest BCUT2D eigenvalue weighted by atomic mass is 35.5. The van der Waals surface area contributed by atoms with Crippen molar-refractivity contribution >= 4 is 49.9 Å². The molecule has 0 unspecified atom stereocenters. The zero-order chi connectivity index (χ0) is 18.0. The molecule has 136 valence electrons. The van der Waals surface area contributed by atoms with Crippen molar-refractivity contribution in [3.8, 4) is 0 Å². The molecule has 0 aliphatic carbocycles. The van der Waals surface area contributed by atoms with Gasteiger partial charge >= 0.3 is 0 Å². The lowest BCUT2D eigenvalue weighted by molar-refractivity contribution is 0.179. The number of aromatic nitrogens is 2. The lowest BCUT2D eigenvalue weighted by Crippen LogP contribution is -2.48. The third-order valence-corrected chi connectivity index (χ3v) is 7.22. The zero-order valence-corrected chi connectivity index (χ0v) is 16.5. The zero-order valence-electron chi connectivity index (χ0n) is 13.4. The van der Waals surface area contributed by atoms with Crippen molar-refractivity contribution in [1.29, 1.82) is 0 Å². The standard InChI is InChI=1S/C14H16Cl2N4O3S2/c1-23-9-13-17-14(24-18-13)19-4-6-20(7-5-19)25(21,22)10-2-3-11(15)12(16)8-10/h2-3,8H,4-7,9H2,1H3. The van der Waals surface area contributed by atoms with Gasteiger partial charge in [-0.25, -0.2) is 13.4 Å². The van der Waals surface area contributed by atoms with Gasteiger partial charge in [-0.2, -0.15) is 8.68 Å². The van der Waals surface area contributed by atoms with E-state index in [9.17, 15) is 8.42 Å². The molecular weight excluding hydrogens is 407 g/mol. The lowest BCUT2D eigenvalue weighted by Gasteiger charge is -2.33. The van der Waals surface area contributed by atoms with Crippen LogP contribution in [0, 0.1) is 0 Å². The number of methoxy groups -OCH3 is 1. The molecule has 0 radical (unpaired) electrons. The Balaban J connectivity index is 1.69. The minimum absolute atomic E-state index is 0.147. The maximum Gasteiger partial charge on any atom is 0.243 e. The summed E-state index contributed by atoms with van der Waals surface area (Å²) >= 11 is 13.1. The fourth-order valence-corrected chi connectivity index (χ4v) is 5.00. The summed E-state index contributed by atoms with van der Waals surface area (Å²) in [5.41, 5.74) is 0. The Morgan fingerprint density at radius 2 is 1.92 bits per heavy atom. The molecule has 1 aromatic carbocycles. The Labute approximate surface area is 160 Å². The smallest absolute Gasteiger partial charge is 0.243 e. The summed E-state index contributed by atoms with van der Waals surface area (Å²) < 4.78 is 36.2. The molecule has 1 saturated heterocycles. The van der Waals surface area contributed by atoms with Crippen molar-refractivity contribution in [1.82, 2.24) is 13.7 Å². The Morgan fingerprint density at radius 3 is 2.56 bits per heavy atom. The first kappa shape index (κ1) is 18.8. The summed E-state index contributed by atoms with van der Waals surface area (Å²) in [7, 11) is -2.01. The van der Waals surface area contributed by atoms with Gasteiger partial charge in [0.2, 0.25) is 15.2 Å². The highest BCUT2D eigenvalue weighted by molar-refractivity contribution is 7.89. The van der Waals surface area contributed by atoms with E-state index in [4.69, 9.17) is 27.9 Å². The van der Waals surface area contributed by atoms with E-state index in [-0.39, 0.29) is 9.92 Å². The van der Waals surface area contributed by atoms with E-state index < -0.39 is 10.0 Å². The summed E-state index contributed by atoms with van der Waals surface area (Å²) in [5.74, 6) is 0.633. The van der Waals surface area contributed by atoms with Crippen LogP contribution in [0.25, 0.3) is 0 Å². The molecule has 0 N–H and O–H groups in total. The van der Waals surface area contributed by atoms with Gasteiger partial charge in [-0.05, 0) is 18.2 Å². The van der Waals surface area contributed by atoms with Gasteiger partial charge in [0.15, 0.2) is 5.82 Å². The van der Waals surface area contributed by atoms with Gasteiger partial charge in [0.25, 0.3) is 0 Å². The van der Waals surface area contributed by atoms with Crippen LogP contribution in [-0.2, 0) is 21.4 Å². The number of sulfonamides is 1. The van der Waals surface area contributed by atoms with Crippen LogP contribution in [0.4, 0.5) is 5.13 Å². The largest absolute Gasteiger partial charge is 0.377 e. The van der Waals surface area contributed by atoms with Gasteiger partial charge in [0, 0.05) is 44.8 Å². The molecule has 1 aliphatic heterocycles. The topological polar surface area (TPSA) is 75.6 Å². The van der Waals surface area contributed by atoms with Crippen LogP contribution >= 0.6 is 34.7 Å². The van der Waals surface area contributed by atoms with E-state index in [1.807, 2.05) is 4.90 Å². The molecule has 1 fully saturated rings. The minimum atomic E-state index is -3.60. The Kier molecular flexibility index (Phi) is 5.81. The van der Waals surface area contributed by atoms with Gasteiger partial charge in [-0.15, -0.1) is 0 Å². The van der Waals surface area contributed by atoms with Crippen molar-refractivity contribution < 1.29 is 13.2 Å². The van der Waals surface area contributed by atoms with Crippen LogP contribution < -0.4 is 4.90 Å². The van der Waals surface area contributed by atoms with Gasteiger partial charge in [0.05, 0.1) is 14.9 Å². The van der Waals surface area contributed by atoms with Gasteiger partial charge < -0.3 is 9.64 Å². The molecule has 3 rings (SSSR count). The monoisotopic (exact) mass is 422 g/mol. The predicted octanol–water partition coefficient (Wildman–Crippen LogP) is 2.50. The number of anilines is 1. The van der Waals surface area contributed by atoms with Crippen LogP contribution in [-0.4, -0.2) is 55.4 Å². The third kappa shape index (κ3) is 4.07. The van der Waals surface area contributed by atoms with Crippen LogP contribution in [0.2, 0.25) is 10.0 Å². The first-order valence-electron chi connectivity index (χ1n) is 7.43. The first-order valence-corrected chi connectivity index (χ1v) is 10.4. The Morgan fingerprint density at radius 1 is 1.20 bits per heavy atom. The van der Waals surface area contributed by atoms with Crippen LogP contribution in [0.5, 0.6) is 0 Å². The molecule has 11 heteroatoms. The average molecular weight is 423 g/mol. The molecule has 0 spiro atoms. The van der Waals surface area contributed by atoms with E-state index >= 15 is 0 Å². The van der Waals surface area contributed by atoms with Gasteiger partial charge in [0.1, 0.15) is 6.61 Å². The normalized spacial score (nSPS) is 16.4. The molecule has 0 saturated carbocycles. The summed E-state index contributed by atoms with van der Waals surface area (Å²) in [4.78, 5) is 6.57. The molecule has 2 aromatic rings. The molecule has 1 aromatic heterocycles. The maximum absolute atomic E-state index is 12.7. The molecule has 0 bridgehead atoms. The number of nitrogens with zero attached hydrogens (tertiary/aromatic N) is 4. The maximum atomic E-state index is 12.7. The number of piperazine rings is 1. The molecular formula is C14H16Cl2N4O3S2. The molecule has 0 amide bonds. The number of hydrogen-bond acceptors (Lipinski definition) is 7. The number of halogens is 2. The molecule has 2 heterocycles. The molecule has 7 nitrogen and oxygen atoms in total. The van der Waals surface area contributed by atoms with E-state index in [1.54, 1.807) is 7.11 Å². The second kappa shape index (κ2) is 7.73. The molecule has 25 heavy (non-hydrogen) atoms. The SMILES string of the molecule is COCc1nsc(N2CCN(S(=O)(=O)c3ccc(Cl)c(Cl)c3)CC2)n1. The van der Waals surface area contributed by atoms with Crippen molar-refractivity contribution in [3.05, 3.63) is 34.1 Å². The minimum Gasteiger partial charge on any atom is -0.377 e. The number of ether oxygens (including phenoxy) is 1. The first-order chi connectivity index (χ1) is 11.9. The lowest BCUT2D eigenvalue weighted by atomic mass is 10.4. The van der Waals surface area contributed by atoms with Crippen LogP contribution in [0.1, 0.15) is 5.82 Å². The number of hydrogen-bond donors (Lipinski definition) is 0. The average Bonchev–Trinajstić information content (AvgIpc) is 3.06. The van der Waals surface area contributed by atoms with E-state index in [1.165, 1.54) is 34.0 Å². The number of rotatable bonds is 5. The van der Waals surface area contributed by atoms with Crippen molar-refractivity contribution in [3.63, 3.8) is 0 Å². The van der Waals surface area contributed by atoms with E-state index in [2.05, 4.69) is 9.36 Å². The van der Waals surface area contributed by atoms with E-state index in [0.29, 0.717) is 43.6 Å². The Bertz CT molecular complexity index is 852. The highest BCUT2D eigenvalue weighted by Crippen LogP contribution is 2.27. The summed E-state index contributed by atoms with van der Waals surface area (Å²) in [6, 6.07) is 4.34. The van der Waals surface area contributed by atoms with Crippen molar-refractivity contribution in [2.24, 2.45) is 0 Å². The predicted molar refractivity (Wildman–Crippen MR) is 98.1 cm³/mol. The second-order valence-corrected chi connectivity index (χ2v) is 8.88. The quantitative estimate of drug-likeness (QED) is 0.736. The van der Waals surface area contributed by atoms with Crippen LogP contribution in [0.15, 0.2) is 23.1 Å².